The van der Waals surface area contributed by atoms with Crippen LogP contribution < -0.4 is 5.73 Å². The number of H-pyrrole nitrogens is 1. The largest absolute Gasteiger partial charge is 0.364 e. The zero-order valence-corrected chi connectivity index (χ0v) is 4.55. The van der Waals surface area contributed by atoms with Crippen LogP contribution in [0.15, 0.2) is 12.3 Å². The van der Waals surface area contributed by atoms with Crippen LogP contribution in [0.2, 0.25) is 0 Å². The number of carbonyl (C=O) groups excluding carboxylic acids is 1. The summed E-state index contributed by atoms with van der Waals surface area (Å²) in [6.07, 6.45) is 1.18. The van der Waals surface area contributed by atoms with Gasteiger partial charge in [0.1, 0.15) is 5.69 Å². The Labute approximate surface area is 51.3 Å². The van der Waals surface area contributed by atoms with Gasteiger partial charge in [-0.3, -0.25) is 9.90 Å². The Morgan fingerprint density at radius 3 is 2.56 bits per heavy atom. The number of hydrogen-bond acceptors (Lipinski definition) is 1. The summed E-state index contributed by atoms with van der Waals surface area (Å²) in [5.41, 5.74) is 4.97. The Morgan fingerprint density at radius 2 is 2.33 bits per heavy atom. The van der Waals surface area contributed by atoms with Crippen molar-refractivity contribution in [2.75, 3.05) is 0 Å². The number of nitrogens with two attached hydrogens (primary N) is 1. The van der Waals surface area contributed by atoms with Crippen LogP contribution >= 0.6 is 0 Å². The molecule has 0 saturated carbocycles. The molecule has 0 aliphatic carbocycles. The van der Waals surface area contributed by atoms with Gasteiger partial charge in [-0.05, 0) is 0 Å². The normalized spacial score (nSPS) is 9.33. The van der Waals surface area contributed by atoms with E-state index in [1.54, 1.807) is 0 Å². The fourth-order valence-electron chi connectivity index (χ4n) is 0.517. The summed E-state index contributed by atoms with van der Waals surface area (Å²) in [7, 11) is 0. The van der Waals surface area contributed by atoms with Gasteiger partial charge in [0.05, 0.1) is 0 Å². The molecule has 0 aliphatic heterocycles. The molecule has 3 N–H and O–H groups in total. The second kappa shape index (κ2) is 1.81. The highest BCUT2D eigenvalue weighted by molar-refractivity contribution is 5.91. The molecule has 1 rings (SSSR count). The van der Waals surface area contributed by atoms with E-state index >= 15 is 0 Å². The molecule has 9 heavy (non-hydrogen) atoms. The first kappa shape index (κ1) is 5.68. The molecule has 0 spiro atoms. The van der Waals surface area contributed by atoms with Crippen LogP contribution in [-0.2, 0) is 5.11 Å². The average molecular weight is 125 g/mol. The number of nitrogens with one attached hydrogen (secondary N) is 1. The summed E-state index contributed by atoms with van der Waals surface area (Å²) in [6.45, 7) is 0. The highest BCUT2D eigenvalue weighted by Crippen LogP contribution is 2.08. The van der Waals surface area contributed by atoms with E-state index < -0.39 is 5.91 Å². The Kier molecular flexibility index (Phi) is 1.14. The van der Waals surface area contributed by atoms with Gasteiger partial charge in [0.25, 0.3) is 5.91 Å². The lowest BCUT2D eigenvalue weighted by molar-refractivity contribution is 0.0996. The first-order chi connectivity index (χ1) is 4.20. The van der Waals surface area contributed by atoms with Crippen LogP contribution in [0, 0.1) is 0 Å². The third kappa shape index (κ3) is 1.02. The maximum absolute atomic E-state index is 10.4. The fraction of sp³-hybridized carbons (Fsp3) is 0. The highest BCUT2D eigenvalue weighted by atomic mass is 16.3. The third-order valence-corrected chi connectivity index (χ3v) is 0.922. The molecule has 1 amide bonds. The number of amides is 1. The topological polar surface area (TPSA) is 78.8 Å². The Balaban J connectivity index is 2.98. The molecule has 1 radical (unpaired) electrons. The van der Waals surface area contributed by atoms with Crippen molar-refractivity contribution < 1.29 is 9.90 Å². The number of hydrogen-bond donors (Lipinski definition) is 2. The number of aromatic nitrogens is 1. The molecule has 1 heterocycles. The molecule has 1 aromatic rings. The highest BCUT2D eigenvalue weighted by Gasteiger charge is 2.02. The van der Waals surface area contributed by atoms with Gasteiger partial charge in [0.2, 0.25) is 0 Å². The molecule has 0 atom stereocenters. The summed E-state index contributed by atoms with van der Waals surface area (Å²) >= 11 is 0. The monoisotopic (exact) mass is 125 g/mol. The minimum atomic E-state index is -0.614. The SMILES string of the molecule is NC(=O)c1cc([O])c[nH]1. The molecule has 0 fully saturated rings. The molecule has 4 nitrogen and oxygen atoms in total. The molecule has 0 saturated heterocycles. The van der Waals surface area contributed by atoms with Gasteiger partial charge in [0.15, 0.2) is 5.75 Å². The van der Waals surface area contributed by atoms with Gasteiger partial charge in [-0.2, -0.15) is 0 Å². The van der Waals surface area contributed by atoms with Gasteiger partial charge in [0, 0.05) is 12.3 Å². The number of carbonyl (C=O) groups is 1. The Hall–Kier alpha value is -1.45. The average Bonchev–Trinajstić information content (AvgIpc) is 2.14. The maximum atomic E-state index is 10.4. The van der Waals surface area contributed by atoms with Crippen LogP contribution in [0.1, 0.15) is 10.5 Å². The maximum Gasteiger partial charge on any atom is 0.265 e. The van der Waals surface area contributed by atoms with Crippen LogP contribution in [0.25, 0.3) is 0 Å². The van der Waals surface area contributed by atoms with Gasteiger partial charge in [-0.1, -0.05) is 0 Å². The van der Waals surface area contributed by atoms with Crippen molar-refractivity contribution >= 4 is 5.91 Å². The molecule has 4 heteroatoms. The standard InChI is InChI=1S/C5H5N2O2/c6-5(9)4-1-3(8)2-7-4/h1-2,7H,(H2,6,9). The van der Waals surface area contributed by atoms with E-state index in [0.29, 0.717) is 0 Å². The van der Waals surface area contributed by atoms with Gasteiger partial charge >= 0.3 is 0 Å². The predicted molar refractivity (Wildman–Crippen MR) is 29.4 cm³/mol. The van der Waals surface area contributed by atoms with E-state index in [1.165, 1.54) is 6.20 Å². The van der Waals surface area contributed by atoms with Crippen molar-refractivity contribution in [1.82, 2.24) is 4.98 Å². The summed E-state index contributed by atoms with van der Waals surface area (Å²) in [4.78, 5) is 12.7. The number of rotatable bonds is 1. The van der Waals surface area contributed by atoms with Crippen molar-refractivity contribution in [1.29, 1.82) is 0 Å². The van der Waals surface area contributed by atoms with Crippen molar-refractivity contribution in [2.24, 2.45) is 5.73 Å². The van der Waals surface area contributed by atoms with Crippen molar-refractivity contribution in [3.8, 4) is 5.75 Å². The van der Waals surface area contributed by atoms with Gasteiger partial charge in [-0.15, -0.1) is 0 Å². The lowest BCUT2D eigenvalue weighted by Gasteiger charge is -1.81. The smallest absolute Gasteiger partial charge is 0.265 e. The van der Waals surface area contributed by atoms with Gasteiger partial charge < -0.3 is 10.7 Å². The predicted octanol–water partition coefficient (Wildman–Crippen LogP) is 0.257. The zero-order chi connectivity index (χ0) is 6.85. The summed E-state index contributed by atoms with van der Waals surface area (Å²) < 4.78 is 0. The van der Waals surface area contributed by atoms with Crippen LogP contribution in [0.3, 0.4) is 0 Å². The van der Waals surface area contributed by atoms with Crippen LogP contribution in [0.4, 0.5) is 0 Å². The summed E-state index contributed by atoms with van der Waals surface area (Å²) in [6, 6.07) is 1.16. The van der Waals surface area contributed by atoms with E-state index in [4.69, 9.17) is 5.73 Å². The molecular formula is C5H5N2O2. The van der Waals surface area contributed by atoms with E-state index in [1.807, 2.05) is 0 Å². The van der Waals surface area contributed by atoms with E-state index in [-0.39, 0.29) is 11.4 Å². The minimum Gasteiger partial charge on any atom is -0.364 e. The van der Waals surface area contributed by atoms with Crippen LogP contribution in [0.5, 0.6) is 5.75 Å². The van der Waals surface area contributed by atoms with E-state index in [0.717, 1.165) is 6.07 Å². The zero-order valence-electron chi connectivity index (χ0n) is 4.55. The lowest BCUT2D eigenvalue weighted by atomic mass is 10.4. The Bertz CT molecular complexity index is 229. The number of aromatic amines is 1. The lowest BCUT2D eigenvalue weighted by Crippen LogP contribution is -2.10. The number of primary amides is 1. The molecule has 1 aromatic heterocycles. The second-order valence-electron chi connectivity index (χ2n) is 1.61. The molecule has 0 bridgehead atoms. The first-order valence-electron chi connectivity index (χ1n) is 2.35. The third-order valence-electron chi connectivity index (χ3n) is 0.922. The van der Waals surface area contributed by atoms with E-state index in [2.05, 4.69) is 4.98 Å². The van der Waals surface area contributed by atoms with E-state index in [9.17, 15) is 9.90 Å². The van der Waals surface area contributed by atoms with Crippen molar-refractivity contribution in [3.05, 3.63) is 18.0 Å². The minimum absolute atomic E-state index is 0.153. The molecule has 0 aromatic carbocycles. The molecular weight excluding hydrogens is 120 g/mol. The van der Waals surface area contributed by atoms with Crippen molar-refractivity contribution in [3.63, 3.8) is 0 Å². The second-order valence-corrected chi connectivity index (χ2v) is 1.61. The Morgan fingerprint density at radius 1 is 1.67 bits per heavy atom. The van der Waals surface area contributed by atoms with Crippen LogP contribution in [-0.4, -0.2) is 10.9 Å². The summed E-state index contributed by atoms with van der Waals surface area (Å²) in [5, 5.41) is 10.4. The quantitative estimate of drug-likeness (QED) is 0.554. The molecule has 0 unspecified atom stereocenters. The van der Waals surface area contributed by atoms with Gasteiger partial charge in [-0.25, -0.2) is 0 Å². The van der Waals surface area contributed by atoms with Crippen molar-refractivity contribution in [2.45, 2.75) is 0 Å². The fourth-order valence-corrected chi connectivity index (χ4v) is 0.517. The first-order valence-corrected chi connectivity index (χ1v) is 2.35. The summed E-state index contributed by atoms with van der Waals surface area (Å²) in [5.74, 6) is -0.846. The molecule has 47 valence electrons. The molecule has 0 aliphatic rings.